The Morgan fingerprint density at radius 1 is 0.625 bits per heavy atom. The van der Waals surface area contributed by atoms with E-state index in [0.29, 0.717) is 28.4 Å². The van der Waals surface area contributed by atoms with Gasteiger partial charge >= 0.3 is 0 Å². The molecule has 0 fully saturated rings. The van der Waals surface area contributed by atoms with Crippen LogP contribution in [0.1, 0.15) is 131 Å². The van der Waals surface area contributed by atoms with E-state index < -0.39 is 0 Å². The first kappa shape index (κ1) is 32.1. The lowest BCUT2D eigenvalue weighted by atomic mass is 9.44. The van der Waals surface area contributed by atoms with Gasteiger partial charge in [0.05, 0.1) is 11.2 Å². The maximum atomic E-state index is 7.10. The molecular weight excluding hydrogens is 386 g/mol. The van der Waals surface area contributed by atoms with Crippen LogP contribution in [0.5, 0.6) is 0 Å². The summed E-state index contributed by atoms with van der Waals surface area (Å²) < 4.78 is 7.10. The lowest BCUT2D eigenvalue weighted by Crippen LogP contribution is -2.58. The normalized spacial score (nSPS) is 17.6. The topological polar surface area (TPSA) is 9.23 Å². The molecule has 0 aromatic rings. The van der Waals surface area contributed by atoms with E-state index in [9.17, 15) is 0 Å². The van der Waals surface area contributed by atoms with Crippen molar-refractivity contribution in [3.05, 3.63) is 0 Å². The number of ether oxygens (including phenoxy) is 1. The lowest BCUT2D eigenvalue weighted by molar-refractivity contribution is -0.241. The molecule has 0 rings (SSSR count). The van der Waals surface area contributed by atoms with Crippen molar-refractivity contribution < 1.29 is 4.74 Å². The first-order valence-electron chi connectivity index (χ1n) is 13.3. The van der Waals surface area contributed by atoms with E-state index in [0.717, 1.165) is 0 Å². The average Bonchev–Trinajstić information content (AvgIpc) is 2.49. The largest absolute Gasteiger partial charge is 0.369 e. The van der Waals surface area contributed by atoms with Gasteiger partial charge in [0, 0.05) is 0 Å². The molecule has 0 N–H and O–H groups in total. The van der Waals surface area contributed by atoms with Crippen LogP contribution < -0.4 is 0 Å². The van der Waals surface area contributed by atoms with Gasteiger partial charge in [0.2, 0.25) is 0 Å². The van der Waals surface area contributed by atoms with Gasteiger partial charge in [-0.3, -0.25) is 0 Å². The Balaban J connectivity index is 5.87. The van der Waals surface area contributed by atoms with Crippen molar-refractivity contribution in [1.29, 1.82) is 0 Å². The minimum Gasteiger partial charge on any atom is -0.369 e. The van der Waals surface area contributed by atoms with Crippen molar-refractivity contribution in [2.24, 2.45) is 33.0 Å². The molecule has 3 heteroatoms. The van der Waals surface area contributed by atoms with Gasteiger partial charge in [0.1, 0.15) is 15.7 Å². The van der Waals surface area contributed by atoms with Gasteiger partial charge in [-0.25, -0.2) is 0 Å². The highest BCUT2D eigenvalue weighted by molar-refractivity contribution is 6.21. The minimum absolute atomic E-state index is 0.00776. The van der Waals surface area contributed by atoms with Crippen LogP contribution in [-0.4, -0.2) is 26.9 Å². The Morgan fingerprint density at radius 2 is 1.03 bits per heavy atom. The van der Waals surface area contributed by atoms with Crippen LogP contribution in [0.25, 0.3) is 0 Å². The fourth-order valence-corrected chi connectivity index (χ4v) is 6.20. The quantitative estimate of drug-likeness (QED) is 0.291. The van der Waals surface area contributed by atoms with Crippen molar-refractivity contribution in [3.8, 4) is 0 Å². The molecule has 2 atom stereocenters. The highest BCUT2D eigenvalue weighted by Crippen LogP contribution is 2.59. The molecule has 0 saturated heterocycles. The van der Waals surface area contributed by atoms with Crippen LogP contribution in [0.2, 0.25) is 11.6 Å². The summed E-state index contributed by atoms with van der Waals surface area (Å²) in [7, 11) is 4.96. The molecule has 1 nitrogen and oxygen atoms in total. The number of hydrogen-bond acceptors (Lipinski definition) is 1. The van der Waals surface area contributed by atoms with Crippen LogP contribution in [0.3, 0.4) is 0 Å². The summed E-state index contributed by atoms with van der Waals surface area (Å²) in [5, 5.41) is 0. The van der Waals surface area contributed by atoms with Crippen molar-refractivity contribution in [2.75, 3.05) is 0 Å². The van der Waals surface area contributed by atoms with Gasteiger partial charge in [-0.1, -0.05) is 108 Å². The van der Waals surface area contributed by atoms with E-state index in [4.69, 9.17) is 4.74 Å². The predicted molar refractivity (Wildman–Crippen MR) is 152 cm³/mol. The van der Waals surface area contributed by atoms with Crippen molar-refractivity contribution in [3.63, 3.8) is 0 Å². The van der Waals surface area contributed by atoms with Crippen LogP contribution in [-0.2, 0) is 4.74 Å². The van der Waals surface area contributed by atoms with E-state index in [2.05, 4.69) is 133 Å². The molecular formula is C29H62B2O. The maximum Gasteiger partial charge on any atom is 0.105 e. The smallest absolute Gasteiger partial charge is 0.105 e. The second kappa shape index (κ2) is 9.62. The zero-order valence-electron chi connectivity index (χ0n) is 26.1. The fraction of sp³-hybridized carbons (Fsp3) is 1.00. The first-order valence-corrected chi connectivity index (χ1v) is 13.3. The molecule has 0 saturated carbocycles. The molecule has 0 amide bonds. The third-order valence-electron chi connectivity index (χ3n) is 10.5. The highest BCUT2D eigenvalue weighted by atomic mass is 16.5. The molecule has 0 bridgehead atoms. The highest BCUT2D eigenvalue weighted by Gasteiger charge is 2.55. The zero-order chi connectivity index (χ0) is 26.4. The molecule has 2 unspecified atom stereocenters. The Morgan fingerprint density at radius 3 is 1.38 bits per heavy atom. The second-order valence-electron chi connectivity index (χ2n) is 16.2. The number of rotatable bonds is 11. The Hall–Kier alpha value is 0.0899. The van der Waals surface area contributed by atoms with Crippen LogP contribution in [0.4, 0.5) is 0 Å². The summed E-state index contributed by atoms with van der Waals surface area (Å²) in [4.78, 5) is 0. The molecule has 0 aliphatic carbocycles. The Kier molecular flexibility index (Phi) is 9.65. The summed E-state index contributed by atoms with van der Waals surface area (Å²) in [6, 6.07) is 0. The monoisotopic (exact) mass is 448 g/mol. The van der Waals surface area contributed by atoms with E-state index in [-0.39, 0.29) is 27.4 Å². The van der Waals surface area contributed by atoms with Crippen LogP contribution in [0.15, 0.2) is 0 Å². The molecule has 32 heavy (non-hydrogen) atoms. The molecule has 0 heterocycles. The molecule has 0 radical (unpaired) electrons. The summed E-state index contributed by atoms with van der Waals surface area (Å²) >= 11 is 0. The molecule has 190 valence electrons. The van der Waals surface area contributed by atoms with Crippen molar-refractivity contribution >= 4 is 15.7 Å². The standard InChI is InChI=1S/C29H62B2O/c1-20(2)25(8,9)28(14,15)32-29(16,17)27(12,13)26(10,11)22(31)21(30)18-24(6,7)19-23(3,4)5/h20-22H,18-19,30-31H2,1-17H3. The third-order valence-corrected chi connectivity index (χ3v) is 10.5. The summed E-state index contributed by atoms with van der Waals surface area (Å²) in [6.45, 7) is 40.5. The van der Waals surface area contributed by atoms with Crippen molar-refractivity contribution in [1.82, 2.24) is 0 Å². The molecule has 0 aromatic carbocycles. The summed E-state index contributed by atoms with van der Waals surface area (Å²) in [6.07, 6.45) is 2.52. The average molecular weight is 448 g/mol. The minimum atomic E-state index is -0.263. The molecule has 0 spiro atoms. The van der Waals surface area contributed by atoms with Gasteiger partial charge in [-0.2, -0.15) is 0 Å². The van der Waals surface area contributed by atoms with E-state index in [1.54, 1.807) is 0 Å². The van der Waals surface area contributed by atoms with Gasteiger partial charge in [-0.15, -0.1) is 0 Å². The fourth-order valence-electron chi connectivity index (χ4n) is 6.20. The van der Waals surface area contributed by atoms with Gasteiger partial charge < -0.3 is 4.74 Å². The summed E-state index contributed by atoms with van der Waals surface area (Å²) in [5.41, 5.74) is 0.425. The summed E-state index contributed by atoms with van der Waals surface area (Å²) in [5.74, 6) is 1.78. The molecule has 0 aliphatic rings. The second-order valence-corrected chi connectivity index (χ2v) is 16.2. The van der Waals surface area contributed by atoms with Crippen LogP contribution >= 0.6 is 0 Å². The number of hydrogen-bond donors (Lipinski definition) is 0. The Bertz CT molecular complexity index is 603. The Labute approximate surface area is 206 Å². The van der Waals surface area contributed by atoms with Crippen molar-refractivity contribution in [2.45, 2.75) is 153 Å². The molecule has 0 aromatic heterocycles. The van der Waals surface area contributed by atoms with Gasteiger partial charge in [-0.05, 0) is 67.1 Å². The van der Waals surface area contributed by atoms with Gasteiger partial charge in [0.25, 0.3) is 0 Å². The first-order chi connectivity index (χ1) is 13.6. The predicted octanol–water partition coefficient (Wildman–Crippen LogP) is 7.99. The van der Waals surface area contributed by atoms with E-state index in [1.165, 1.54) is 12.8 Å². The van der Waals surface area contributed by atoms with Crippen LogP contribution in [0, 0.1) is 33.0 Å². The third kappa shape index (κ3) is 7.05. The SMILES string of the molecule is BC(CC(C)(C)CC(C)(C)C)C(B)C(C)(C)C(C)(C)C(C)(C)OC(C)(C)C(C)(C)C(C)C. The van der Waals surface area contributed by atoms with E-state index in [1.807, 2.05) is 0 Å². The zero-order valence-corrected chi connectivity index (χ0v) is 26.1. The maximum absolute atomic E-state index is 7.10. The molecule has 0 aliphatic heterocycles. The lowest BCUT2D eigenvalue weighted by Gasteiger charge is -2.59. The van der Waals surface area contributed by atoms with E-state index >= 15 is 0 Å². The van der Waals surface area contributed by atoms with Gasteiger partial charge in [0.15, 0.2) is 0 Å².